The number of hydrogen-bond acceptors (Lipinski definition) is 4. The minimum absolute atomic E-state index is 0.351. The summed E-state index contributed by atoms with van der Waals surface area (Å²) in [6, 6.07) is 0. The first-order chi connectivity index (χ1) is 7.72. The maximum Gasteiger partial charge on any atom is 0.157 e. The fourth-order valence-electron chi connectivity index (χ4n) is 2.29. The molecule has 1 aromatic heterocycles. The number of aromatic nitrogens is 2. The lowest BCUT2D eigenvalue weighted by molar-refractivity contribution is 0.529. The lowest BCUT2D eigenvalue weighted by atomic mass is 10.0. The molecular weight excluding hydrogens is 224 g/mol. The molecule has 0 aromatic carbocycles. The van der Waals surface area contributed by atoms with E-state index in [1.807, 2.05) is 0 Å². The molecule has 0 aliphatic carbocycles. The summed E-state index contributed by atoms with van der Waals surface area (Å²) in [5.74, 6) is 1.55. The van der Waals surface area contributed by atoms with Gasteiger partial charge in [0.15, 0.2) is 11.0 Å². The normalized spacial score (nSPS) is 20.4. The predicted octanol–water partition coefficient (Wildman–Crippen LogP) is 2.34. The summed E-state index contributed by atoms with van der Waals surface area (Å²) in [7, 11) is 0. The maximum atomic E-state index is 5.89. The van der Waals surface area contributed by atoms with Gasteiger partial charge in [0.25, 0.3) is 0 Å². The first kappa shape index (κ1) is 11.5. The van der Waals surface area contributed by atoms with Crippen LogP contribution in [0.3, 0.4) is 0 Å². The molecule has 2 rings (SSSR count). The highest BCUT2D eigenvalue weighted by Crippen LogP contribution is 2.31. The third-order valence-electron chi connectivity index (χ3n) is 3.10. The summed E-state index contributed by atoms with van der Waals surface area (Å²) < 4.78 is 0. The highest BCUT2D eigenvalue weighted by Gasteiger charge is 2.24. The average molecular weight is 241 g/mol. The molecule has 1 atom stereocenters. The first-order valence-electron chi connectivity index (χ1n) is 5.73. The lowest BCUT2D eigenvalue weighted by Gasteiger charge is -2.19. The third kappa shape index (κ3) is 2.21. The Hall–Kier alpha value is -1.03. The molecule has 0 spiro atoms. The van der Waals surface area contributed by atoms with Crippen molar-refractivity contribution in [3.05, 3.63) is 11.5 Å². The van der Waals surface area contributed by atoms with Crippen LogP contribution in [0.25, 0.3) is 0 Å². The Labute approximate surface area is 101 Å². The number of anilines is 2. The molecule has 1 aliphatic rings. The van der Waals surface area contributed by atoms with Crippen LogP contribution >= 0.6 is 11.6 Å². The van der Waals surface area contributed by atoms with Crippen molar-refractivity contribution >= 4 is 23.1 Å². The Morgan fingerprint density at radius 1 is 1.56 bits per heavy atom. The van der Waals surface area contributed by atoms with E-state index in [1.165, 1.54) is 25.6 Å². The van der Waals surface area contributed by atoms with E-state index in [-0.39, 0.29) is 0 Å². The summed E-state index contributed by atoms with van der Waals surface area (Å²) in [6.45, 7) is 4.27. The van der Waals surface area contributed by atoms with E-state index in [0.29, 0.717) is 10.8 Å². The first-order valence-corrected chi connectivity index (χ1v) is 6.11. The van der Waals surface area contributed by atoms with Crippen LogP contribution in [0.5, 0.6) is 0 Å². The number of halogens is 1. The SMILES string of the molecule is CCCC1CCN(c2ncnc(Cl)c2N)C1. The smallest absolute Gasteiger partial charge is 0.157 e. The third-order valence-corrected chi connectivity index (χ3v) is 3.40. The Kier molecular flexibility index (Phi) is 3.49. The van der Waals surface area contributed by atoms with Gasteiger partial charge in [0.2, 0.25) is 0 Å². The molecule has 0 saturated carbocycles. The van der Waals surface area contributed by atoms with E-state index in [9.17, 15) is 0 Å². The topological polar surface area (TPSA) is 55.0 Å². The lowest BCUT2D eigenvalue weighted by Crippen LogP contribution is -2.22. The van der Waals surface area contributed by atoms with Crippen molar-refractivity contribution in [1.82, 2.24) is 9.97 Å². The molecule has 1 saturated heterocycles. The van der Waals surface area contributed by atoms with E-state index in [0.717, 1.165) is 24.8 Å². The molecule has 1 aromatic rings. The van der Waals surface area contributed by atoms with Crippen molar-refractivity contribution in [2.24, 2.45) is 5.92 Å². The zero-order valence-corrected chi connectivity index (χ0v) is 10.2. The summed E-state index contributed by atoms with van der Waals surface area (Å²) in [6.07, 6.45) is 5.20. The van der Waals surface area contributed by atoms with Crippen LogP contribution < -0.4 is 10.6 Å². The van der Waals surface area contributed by atoms with Crippen LogP contribution in [-0.4, -0.2) is 23.1 Å². The predicted molar refractivity (Wildman–Crippen MR) is 66.7 cm³/mol. The van der Waals surface area contributed by atoms with Crippen LogP contribution in [0.2, 0.25) is 5.15 Å². The van der Waals surface area contributed by atoms with Gasteiger partial charge in [-0.1, -0.05) is 24.9 Å². The van der Waals surface area contributed by atoms with Gasteiger partial charge in [-0.25, -0.2) is 9.97 Å². The second-order valence-corrected chi connectivity index (χ2v) is 4.65. The maximum absolute atomic E-state index is 5.89. The molecule has 5 heteroatoms. The summed E-state index contributed by atoms with van der Waals surface area (Å²) in [5.41, 5.74) is 6.38. The number of nitrogens with two attached hydrogens (primary N) is 1. The molecule has 88 valence electrons. The quantitative estimate of drug-likeness (QED) is 0.824. The van der Waals surface area contributed by atoms with Crippen LogP contribution in [0.15, 0.2) is 6.33 Å². The largest absolute Gasteiger partial charge is 0.393 e. The van der Waals surface area contributed by atoms with E-state index in [4.69, 9.17) is 17.3 Å². The van der Waals surface area contributed by atoms with E-state index in [1.54, 1.807) is 0 Å². The van der Waals surface area contributed by atoms with Crippen molar-refractivity contribution in [3.8, 4) is 0 Å². The van der Waals surface area contributed by atoms with Crippen LogP contribution in [-0.2, 0) is 0 Å². The summed E-state index contributed by atoms with van der Waals surface area (Å²) in [5, 5.41) is 0.351. The summed E-state index contributed by atoms with van der Waals surface area (Å²) in [4.78, 5) is 10.3. The molecule has 4 nitrogen and oxygen atoms in total. The Morgan fingerprint density at radius 2 is 2.38 bits per heavy atom. The van der Waals surface area contributed by atoms with Gasteiger partial charge in [-0.3, -0.25) is 0 Å². The van der Waals surface area contributed by atoms with Gasteiger partial charge in [-0.05, 0) is 18.8 Å². The van der Waals surface area contributed by atoms with Crippen LogP contribution in [0, 0.1) is 5.92 Å². The highest BCUT2D eigenvalue weighted by atomic mass is 35.5. The zero-order valence-electron chi connectivity index (χ0n) is 9.49. The van der Waals surface area contributed by atoms with Gasteiger partial charge >= 0.3 is 0 Å². The minimum Gasteiger partial charge on any atom is -0.393 e. The molecule has 1 aliphatic heterocycles. The van der Waals surface area contributed by atoms with Gasteiger partial charge in [0.1, 0.15) is 12.0 Å². The number of nitrogens with zero attached hydrogens (tertiary/aromatic N) is 3. The van der Waals surface area contributed by atoms with E-state index < -0.39 is 0 Å². The number of nitrogen functional groups attached to an aromatic ring is 1. The fraction of sp³-hybridized carbons (Fsp3) is 0.636. The molecule has 0 radical (unpaired) electrons. The van der Waals surface area contributed by atoms with Gasteiger partial charge in [-0.2, -0.15) is 0 Å². The Bertz CT molecular complexity index is 369. The average Bonchev–Trinajstić information content (AvgIpc) is 2.71. The van der Waals surface area contributed by atoms with Crippen molar-refractivity contribution in [3.63, 3.8) is 0 Å². The van der Waals surface area contributed by atoms with Crippen molar-refractivity contribution in [2.45, 2.75) is 26.2 Å². The molecule has 1 unspecified atom stereocenters. The minimum atomic E-state index is 0.351. The van der Waals surface area contributed by atoms with E-state index >= 15 is 0 Å². The van der Waals surface area contributed by atoms with Crippen LogP contribution in [0.1, 0.15) is 26.2 Å². The Morgan fingerprint density at radius 3 is 3.12 bits per heavy atom. The second-order valence-electron chi connectivity index (χ2n) is 4.29. The number of rotatable bonds is 3. The highest BCUT2D eigenvalue weighted by molar-refractivity contribution is 6.32. The molecule has 2 heterocycles. The monoisotopic (exact) mass is 240 g/mol. The molecule has 0 amide bonds. The molecule has 2 N–H and O–H groups in total. The van der Waals surface area contributed by atoms with Crippen molar-refractivity contribution in [1.29, 1.82) is 0 Å². The van der Waals surface area contributed by atoms with Gasteiger partial charge in [0.05, 0.1) is 0 Å². The van der Waals surface area contributed by atoms with Gasteiger partial charge < -0.3 is 10.6 Å². The van der Waals surface area contributed by atoms with Crippen LogP contribution in [0.4, 0.5) is 11.5 Å². The molecule has 16 heavy (non-hydrogen) atoms. The van der Waals surface area contributed by atoms with Crippen molar-refractivity contribution in [2.75, 3.05) is 23.7 Å². The van der Waals surface area contributed by atoms with E-state index in [2.05, 4.69) is 21.8 Å². The molecular formula is C11H17ClN4. The molecule has 0 bridgehead atoms. The molecule has 1 fully saturated rings. The Balaban J connectivity index is 2.11. The van der Waals surface area contributed by atoms with Gasteiger partial charge in [-0.15, -0.1) is 0 Å². The van der Waals surface area contributed by atoms with Gasteiger partial charge in [0, 0.05) is 13.1 Å². The second kappa shape index (κ2) is 4.87. The summed E-state index contributed by atoms with van der Waals surface area (Å²) >= 11 is 5.89. The fourth-order valence-corrected chi connectivity index (χ4v) is 2.41. The number of hydrogen-bond donors (Lipinski definition) is 1. The zero-order chi connectivity index (χ0) is 11.5. The standard InChI is InChI=1S/C11H17ClN4/c1-2-3-8-4-5-16(6-8)11-9(13)10(12)14-7-15-11/h7-8H,2-6,13H2,1H3. The van der Waals surface area contributed by atoms with Crippen molar-refractivity contribution < 1.29 is 0 Å².